The number of nitrogens with zero attached hydrogens (tertiary/aromatic N) is 2. The summed E-state index contributed by atoms with van der Waals surface area (Å²) in [6.07, 6.45) is 0. The standard InChI is InChI=1S/C64H49BN2S/c1-63(2,3)38-30-34-58-52(35-38)61-62(68-58)65-53-36-39(64(4,5)6)29-33-54(53)66(40-31-32-48-43-19-8-7-17-41(43)42-18-10-12-23-47(42)51(48)37-40)56-27-16-28-57(60(56)65)67(61)55-26-15-25-50-46-21-11-9-20-44(46)45-22-13-14-24-49(45)59(50)55/h7-37H,1-6H3. The Hall–Kier alpha value is -7.40. The number of fused-ring (bicyclic) bond motifs is 18. The SMILES string of the molecule is CC(C)(C)c1ccc2c(c1)B1c3sc4ccc(C(C)(C)C)cc4c3N(c3cccc4c5ccccc5c5ccccc5c34)c3cccc(c31)N2c1ccc2c3ccccc3c3ccccc3c2c1. The summed E-state index contributed by atoms with van der Waals surface area (Å²) in [6.45, 7) is 14.1. The van der Waals surface area contributed by atoms with Gasteiger partial charge in [-0.1, -0.05) is 181 Å². The summed E-state index contributed by atoms with van der Waals surface area (Å²) in [5, 5.41) is 16.7. The predicted octanol–water partition coefficient (Wildman–Crippen LogP) is 16.5. The van der Waals surface area contributed by atoms with Gasteiger partial charge in [-0.3, -0.25) is 0 Å². The Balaban J connectivity index is 1.12. The van der Waals surface area contributed by atoms with Crippen molar-refractivity contribution in [2.75, 3.05) is 9.80 Å². The lowest BCUT2D eigenvalue weighted by Crippen LogP contribution is -2.60. The molecule has 1 aromatic heterocycles. The fourth-order valence-electron chi connectivity index (χ4n) is 12.0. The lowest BCUT2D eigenvalue weighted by Gasteiger charge is -2.43. The minimum atomic E-state index is -0.0410. The van der Waals surface area contributed by atoms with Crippen LogP contribution in [0.25, 0.3) is 74.7 Å². The minimum absolute atomic E-state index is 0.0147. The van der Waals surface area contributed by atoms with Gasteiger partial charge in [0.25, 0.3) is 6.71 Å². The topological polar surface area (TPSA) is 6.48 Å². The van der Waals surface area contributed by atoms with Gasteiger partial charge in [0.05, 0.1) is 11.4 Å². The van der Waals surface area contributed by atoms with E-state index >= 15 is 0 Å². The van der Waals surface area contributed by atoms with E-state index in [1.54, 1.807) is 0 Å². The molecule has 324 valence electrons. The van der Waals surface area contributed by atoms with Crippen molar-refractivity contribution in [1.82, 2.24) is 0 Å². The summed E-state index contributed by atoms with van der Waals surface area (Å²) < 4.78 is 2.72. The van der Waals surface area contributed by atoms with Crippen LogP contribution in [0.5, 0.6) is 0 Å². The van der Waals surface area contributed by atoms with Crippen molar-refractivity contribution in [3.63, 3.8) is 0 Å². The number of rotatable bonds is 2. The molecule has 68 heavy (non-hydrogen) atoms. The van der Waals surface area contributed by atoms with Crippen molar-refractivity contribution in [2.45, 2.75) is 52.4 Å². The third kappa shape index (κ3) is 5.53. The first-order valence-corrected chi connectivity index (χ1v) is 24.9. The van der Waals surface area contributed by atoms with Crippen molar-refractivity contribution < 1.29 is 0 Å². The van der Waals surface area contributed by atoms with Crippen molar-refractivity contribution >= 4 is 143 Å². The van der Waals surface area contributed by atoms with Crippen LogP contribution in [0.4, 0.5) is 34.1 Å². The van der Waals surface area contributed by atoms with Crippen LogP contribution in [-0.2, 0) is 10.8 Å². The van der Waals surface area contributed by atoms with E-state index < -0.39 is 0 Å². The van der Waals surface area contributed by atoms with Gasteiger partial charge in [-0.25, -0.2) is 0 Å². The van der Waals surface area contributed by atoms with Gasteiger partial charge in [0.15, 0.2) is 0 Å². The molecule has 0 unspecified atom stereocenters. The molecule has 2 nitrogen and oxygen atoms in total. The number of hydrogen-bond donors (Lipinski definition) is 0. The first-order valence-electron chi connectivity index (χ1n) is 24.1. The summed E-state index contributed by atoms with van der Waals surface area (Å²) in [7, 11) is 0. The molecule has 12 aromatic rings. The van der Waals surface area contributed by atoms with E-state index in [2.05, 4.69) is 239 Å². The second kappa shape index (κ2) is 14.1. The van der Waals surface area contributed by atoms with Crippen LogP contribution in [0.3, 0.4) is 0 Å². The maximum atomic E-state index is 2.68. The molecule has 0 N–H and O–H groups in total. The lowest BCUT2D eigenvalue weighted by molar-refractivity contribution is 0.590. The monoisotopic (exact) mass is 888 g/mol. The zero-order valence-corrected chi connectivity index (χ0v) is 40.1. The van der Waals surface area contributed by atoms with Gasteiger partial charge in [0, 0.05) is 43.0 Å². The highest BCUT2D eigenvalue weighted by atomic mass is 32.1. The molecule has 14 rings (SSSR count). The van der Waals surface area contributed by atoms with Gasteiger partial charge in [0.2, 0.25) is 0 Å². The number of thiophene rings is 1. The van der Waals surface area contributed by atoms with Crippen LogP contribution in [0.15, 0.2) is 188 Å². The van der Waals surface area contributed by atoms with Gasteiger partial charge in [0.1, 0.15) is 0 Å². The summed E-state index contributed by atoms with van der Waals surface area (Å²) in [5.41, 5.74) is 12.7. The fraction of sp³-hybridized carbons (Fsp3) is 0.125. The minimum Gasteiger partial charge on any atom is -0.311 e. The maximum Gasteiger partial charge on any atom is 0.264 e. The Morgan fingerprint density at radius 3 is 1.44 bits per heavy atom. The zero-order chi connectivity index (χ0) is 45.8. The van der Waals surface area contributed by atoms with E-state index in [1.165, 1.54) is 136 Å². The van der Waals surface area contributed by atoms with Crippen LogP contribution in [0.2, 0.25) is 0 Å². The molecule has 0 amide bonds. The van der Waals surface area contributed by atoms with Crippen LogP contribution in [0, 0.1) is 0 Å². The Morgan fingerprint density at radius 2 is 0.838 bits per heavy atom. The third-order valence-electron chi connectivity index (χ3n) is 15.3. The average Bonchev–Trinajstić information content (AvgIpc) is 3.74. The van der Waals surface area contributed by atoms with Crippen LogP contribution >= 0.6 is 11.3 Å². The summed E-state index contributed by atoms with van der Waals surface area (Å²) in [5.74, 6) is 0. The van der Waals surface area contributed by atoms with E-state index in [-0.39, 0.29) is 17.5 Å². The number of anilines is 6. The second-order valence-electron chi connectivity index (χ2n) is 21.2. The molecular weight excluding hydrogens is 840 g/mol. The maximum absolute atomic E-state index is 2.68. The predicted molar refractivity (Wildman–Crippen MR) is 298 cm³/mol. The first kappa shape index (κ1) is 39.7. The molecule has 0 saturated heterocycles. The molecule has 0 atom stereocenters. The number of benzene rings is 11. The lowest BCUT2D eigenvalue weighted by atomic mass is 9.36. The summed E-state index contributed by atoms with van der Waals surface area (Å²) >= 11 is 1.99. The van der Waals surface area contributed by atoms with Crippen LogP contribution < -0.4 is 25.5 Å². The molecule has 2 aliphatic rings. The van der Waals surface area contributed by atoms with Gasteiger partial charge in [-0.2, -0.15) is 0 Å². The zero-order valence-electron chi connectivity index (χ0n) is 39.3. The Morgan fingerprint density at radius 1 is 0.368 bits per heavy atom. The highest BCUT2D eigenvalue weighted by Crippen LogP contribution is 2.52. The average molecular weight is 889 g/mol. The van der Waals surface area contributed by atoms with E-state index in [0.29, 0.717) is 0 Å². The molecule has 0 saturated carbocycles. The molecule has 0 aliphatic carbocycles. The van der Waals surface area contributed by atoms with E-state index in [0.717, 1.165) is 0 Å². The molecule has 0 spiro atoms. The largest absolute Gasteiger partial charge is 0.311 e. The summed E-state index contributed by atoms with van der Waals surface area (Å²) in [4.78, 5) is 5.26. The fourth-order valence-corrected chi connectivity index (χ4v) is 13.3. The molecule has 2 aliphatic heterocycles. The molecule has 11 aromatic carbocycles. The first-order chi connectivity index (χ1) is 33.0. The van der Waals surface area contributed by atoms with Crippen LogP contribution in [-0.4, -0.2) is 6.71 Å². The third-order valence-corrected chi connectivity index (χ3v) is 16.5. The van der Waals surface area contributed by atoms with Crippen molar-refractivity contribution in [1.29, 1.82) is 0 Å². The summed E-state index contributed by atoms with van der Waals surface area (Å²) in [6, 6.07) is 71.8. The molecule has 0 fully saturated rings. The van der Waals surface area contributed by atoms with E-state index in [9.17, 15) is 0 Å². The van der Waals surface area contributed by atoms with Gasteiger partial charge in [-0.05, 0) is 141 Å². The highest BCUT2D eigenvalue weighted by molar-refractivity contribution is 7.33. The molecule has 0 radical (unpaired) electrons. The Kier molecular flexibility index (Phi) is 8.23. The van der Waals surface area contributed by atoms with Gasteiger partial charge < -0.3 is 9.80 Å². The highest BCUT2D eigenvalue weighted by Gasteiger charge is 2.46. The molecule has 0 bridgehead atoms. The molecule has 3 heterocycles. The van der Waals surface area contributed by atoms with E-state index in [1.807, 2.05) is 11.3 Å². The molecular formula is C64H49BN2S. The van der Waals surface area contributed by atoms with E-state index in [4.69, 9.17) is 0 Å². The Bertz CT molecular complexity index is 4070. The van der Waals surface area contributed by atoms with Crippen molar-refractivity contribution in [2.24, 2.45) is 0 Å². The van der Waals surface area contributed by atoms with Crippen LogP contribution in [0.1, 0.15) is 52.7 Å². The van der Waals surface area contributed by atoms with Crippen molar-refractivity contribution in [3.8, 4) is 0 Å². The quantitative estimate of drug-likeness (QED) is 0.126. The Labute approximate surface area is 401 Å². The normalized spacial score (nSPS) is 13.6. The van der Waals surface area contributed by atoms with Crippen molar-refractivity contribution in [3.05, 3.63) is 199 Å². The van der Waals surface area contributed by atoms with Gasteiger partial charge >= 0.3 is 0 Å². The molecule has 4 heteroatoms. The van der Waals surface area contributed by atoms with Gasteiger partial charge in [-0.15, -0.1) is 11.3 Å². The smallest absolute Gasteiger partial charge is 0.264 e. The number of hydrogen-bond acceptors (Lipinski definition) is 3. The second-order valence-corrected chi connectivity index (χ2v) is 22.3.